The lowest BCUT2D eigenvalue weighted by molar-refractivity contribution is 0.0834. The number of ketones is 1. The summed E-state index contributed by atoms with van der Waals surface area (Å²) in [5.41, 5.74) is 0.662. The van der Waals surface area contributed by atoms with Crippen molar-refractivity contribution in [3.8, 4) is 0 Å². The summed E-state index contributed by atoms with van der Waals surface area (Å²) in [5, 5.41) is 2.09. The first-order chi connectivity index (χ1) is 9.66. The Morgan fingerprint density at radius 3 is 2.70 bits per heavy atom. The number of nitrogens with zero attached hydrogens (tertiary/aromatic N) is 1. The maximum atomic E-state index is 12.8. The zero-order chi connectivity index (χ0) is 14.1. The summed E-state index contributed by atoms with van der Waals surface area (Å²) in [5.74, 6) is 1.76. The van der Waals surface area contributed by atoms with Crippen molar-refractivity contribution < 1.29 is 4.79 Å². The largest absolute Gasteiger partial charge is 0.292 e. The summed E-state index contributed by atoms with van der Waals surface area (Å²) in [6.45, 7) is 4.56. The second kappa shape index (κ2) is 5.35. The van der Waals surface area contributed by atoms with E-state index in [2.05, 4.69) is 18.8 Å². The fourth-order valence-electron chi connectivity index (χ4n) is 3.30. The molecule has 0 amide bonds. The van der Waals surface area contributed by atoms with E-state index in [1.54, 1.807) is 6.20 Å². The van der Waals surface area contributed by atoms with E-state index in [0.29, 0.717) is 11.6 Å². The van der Waals surface area contributed by atoms with Crippen molar-refractivity contribution in [3.63, 3.8) is 0 Å². The number of hydrogen-bond acceptors (Lipinski definition) is 2. The standard InChI is InChI=1S/C18H21NO/c1-12-7-8-15(11-13(12)2)18(20)17-16-6-4-3-5-14(16)9-10-19-17/h3-6,9-10,12-13,15H,7-8,11H2,1-2H3. The Hall–Kier alpha value is -1.70. The van der Waals surface area contributed by atoms with Gasteiger partial charge in [-0.25, -0.2) is 0 Å². The molecular weight excluding hydrogens is 246 g/mol. The van der Waals surface area contributed by atoms with Gasteiger partial charge < -0.3 is 0 Å². The Labute approximate surface area is 120 Å². The summed E-state index contributed by atoms with van der Waals surface area (Å²) >= 11 is 0. The molecule has 1 heterocycles. The average molecular weight is 267 g/mol. The van der Waals surface area contributed by atoms with Crippen LogP contribution in [-0.2, 0) is 0 Å². The van der Waals surface area contributed by atoms with Gasteiger partial charge in [0.05, 0.1) is 0 Å². The molecular formula is C18H21NO. The van der Waals surface area contributed by atoms with Gasteiger partial charge in [0, 0.05) is 17.5 Å². The Kier molecular flexibility index (Phi) is 3.56. The van der Waals surface area contributed by atoms with Gasteiger partial charge in [-0.3, -0.25) is 9.78 Å². The van der Waals surface area contributed by atoms with Crippen molar-refractivity contribution in [3.05, 3.63) is 42.2 Å². The van der Waals surface area contributed by atoms with E-state index in [-0.39, 0.29) is 11.7 Å². The highest BCUT2D eigenvalue weighted by molar-refractivity contribution is 6.07. The quantitative estimate of drug-likeness (QED) is 0.750. The van der Waals surface area contributed by atoms with E-state index < -0.39 is 0 Å². The minimum absolute atomic E-state index is 0.152. The van der Waals surface area contributed by atoms with Crippen LogP contribution in [0.1, 0.15) is 43.6 Å². The number of fused-ring (bicyclic) bond motifs is 1. The van der Waals surface area contributed by atoms with Gasteiger partial charge >= 0.3 is 0 Å². The number of carbonyl (C=O) groups excluding carboxylic acids is 1. The van der Waals surface area contributed by atoms with Crippen LogP contribution in [0.15, 0.2) is 36.5 Å². The van der Waals surface area contributed by atoms with Crippen LogP contribution in [0, 0.1) is 17.8 Å². The highest BCUT2D eigenvalue weighted by Gasteiger charge is 2.30. The van der Waals surface area contributed by atoms with Crippen LogP contribution in [0.3, 0.4) is 0 Å². The van der Waals surface area contributed by atoms with Gasteiger partial charge in [0.1, 0.15) is 5.69 Å². The van der Waals surface area contributed by atoms with Gasteiger partial charge in [0.15, 0.2) is 5.78 Å². The maximum Gasteiger partial charge on any atom is 0.184 e. The highest BCUT2D eigenvalue weighted by Crippen LogP contribution is 2.35. The number of carbonyl (C=O) groups is 1. The number of hydrogen-bond donors (Lipinski definition) is 0. The Morgan fingerprint density at radius 1 is 1.10 bits per heavy atom. The molecule has 3 atom stereocenters. The molecule has 2 heteroatoms. The number of pyridine rings is 1. The van der Waals surface area contributed by atoms with Crippen LogP contribution in [0.4, 0.5) is 0 Å². The summed E-state index contributed by atoms with van der Waals surface area (Å²) < 4.78 is 0. The second-order valence-corrected chi connectivity index (χ2v) is 6.21. The van der Waals surface area contributed by atoms with Crippen LogP contribution in [0.5, 0.6) is 0 Å². The Bertz CT molecular complexity index is 629. The van der Waals surface area contributed by atoms with E-state index >= 15 is 0 Å². The van der Waals surface area contributed by atoms with Gasteiger partial charge in [0.25, 0.3) is 0 Å². The first-order valence-corrected chi connectivity index (χ1v) is 7.54. The molecule has 0 radical (unpaired) electrons. The normalized spacial score (nSPS) is 26.6. The monoisotopic (exact) mass is 267 g/mol. The molecule has 1 aliphatic rings. The summed E-state index contributed by atoms with van der Waals surface area (Å²) in [4.78, 5) is 17.2. The molecule has 0 N–H and O–H groups in total. The average Bonchev–Trinajstić information content (AvgIpc) is 2.49. The smallest absolute Gasteiger partial charge is 0.184 e. The molecule has 104 valence electrons. The first kappa shape index (κ1) is 13.3. The SMILES string of the molecule is CC1CCC(C(=O)c2nccc3ccccc23)CC1C. The zero-order valence-electron chi connectivity index (χ0n) is 12.2. The topological polar surface area (TPSA) is 30.0 Å². The molecule has 0 spiro atoms. The lowest BCUT2D eigenvalue weighted by Crippen LogP contribution is -2.27. The third-order valence-corrected chi connectivity index (χ3v) is 4.88. The maximum absolute atomic E-state index is 12.8. The predicted molar refractivity (Wildman–Crippen MR) is 81.7 cm³/mol. The number of rotatable bonds is 2. The molecule has 3 unspecified atom stereocenters. The van der Waals surface area contributed by atoms with Crippen LogP contribution in [0.25, 0.3) is 10.8 Å². The number of Topliss-reactive ketones (excluding diaryl/α,β-unsaturated/α-hetero) is 1. The van der Waals surface area contributed by atoms with E-state index in [1.807, 2.05) is 30.3 Å². The fourth-order valence-corrected chi connectivity index (χ4v) is 3.30. The third kappa shape index (κ3) is 2.35. The van der Waals surface area contributed by atoms with E-state index in [4.69, 9.17) is 0 Å². The Balaban J connectivity index is 1.93. The van der Waals surface area contributed by atoms with Crippen LogP contribution in [-0.4, -0.2) is 10.8 Å². The van der Waals surface area contributed by atoms with Crippen molar-refractivity contribution in [2.45, 2.75) is 33.1 Å². The van der Waals surface area contributed by atoms with Crippen LogP contribution < -0.4 is 0 Å². The van der Waals surface area contributed by atoms with Crippen molar-refractivity contribution in [1.29, 1.82) is 0 Å². The summed E-state index contributed by atoms with van der Waals surface area (Å²) in [6.07, 6.45) is 4.92. The van der Waals surface area contributed by atoms with Crippen LogP contribution >= 0.6 is 0 Å². The minimum atomic E-state index is 0.152. The van der Waals surface area contributed by atoms with E-state index in [9.17, 15) is 4.79 Å². The molecule has 1 aromatic carbocycles. The first-order valence-electron chi connectivity index (χ1n) is 7.54. The Morgan fingerprint density at radius 2 is 1.90 bits per heavy atom. The fraction of sp³-hybridized carbons (Fsp3) is 0.444. The highest BCUT2D eigenvalue weighted by atomic mass is 16.1. The van der Waals surface area contributed by atoms with Crippen molar-refractivity contribution in [1.82, 2.24) is 4.98 Å². The molecule has 0 bridgehead atoms. The van der Waals surface area contributed by atoms with Gasteiger partial charge in [-0.15, -0.1) is 0 Å². The van der Waals surface area contributed by atoms with Crippen molar-refractivity contribution >= 4 is 16.6 Å². The number of aromatic nitrogens is 1. The molecule has 2 nitrogen and oxygen atoms in total. The van der Waals surface area contributed by atoms with Gasteiger partial charge in [-0.1, -0.05) is 38.1 Å². The lowest BCUT2D eigenvalue weighted by Gasteiger charge is -2.31. The molecule has 1 aliphatic carbocycles. The molecule has 0 saturated heterocycles. The van der Waals surface area contributed by atoms with Gasteiger partial charge in [-0.05, 0) is 42.6 Å². The lowest BCUT2D eigenvalue weighted by atomic mass is 9.74. The van der Waals surface area contributed by atoms with Crippen molar-refractivity contribution in [2.75, 3.05) is 0 Å². The van der Waals surface area contributed by atoms with E-state index in [0.717, 1.165) is 36.0 Å². The predicted octanol–water partition coefficient (Wildman–Crippen LogP) is 4.49. The zero-order valence-corrected chi connectivity index (χ0v) is 12.2. The molecule has 1 aromatic heterocycles. The second-order valence-electron chi connectivity index (χ2n) is 6.21. The van der Waals surface area contributed by atoms with E-state index in [1.165, 1.54) is 0 Å². The summed E-state index contributed by atoms with van der Waals surface area (Å²) in [7, 11) is 0. The van der Waals surface area contributed by atoms with Crippen LogP contribution in [0.2, 0.25) is 0 Å². The molecule has 2 aromatic rings. The minimum Gasteiger partial charge on any atom is -0.292 e. The molecule has 20 heavy (non-hydrogen) atoms. The third-order valence-electron chi connectivity index (χ3n) is 4.88. The number of benzene rings is 1. The van der Waals surface area contributed by atoms with Gasteiger partial charge in [0.2, 0.25) is 0 Å². The molecule has 0 aliphatic heterocycles. The molecule has 1 saturated carbocycles. The molecule has 3 rings (SSSR count). The van der Waals surface area contributed by atoms with Gasteiger partial charge in [-0.2, -0.15) is 0 Å². The molecule has 1 fully saturated rings. The van der Waals surface area contributed by atoms with Crippen molar-refractivity contribution in [2.24, 2.45) is 17.8 Å². The summed E-state index contributed by atoms with van der Waals surface area (Å²) in [6, 6.07) is 9.99.